The van der Waals surface area contributed by atoms with Crippen LogP contribution in [0.4, 0.5) is 0 Å². The largest absolute Gasteiger partial charge is 0.299 e. The van der Waals surface area contributed by atoms with Crippen molar-refractivity contribution in [3.05, 3.63) is 66.2 Å². The Morgan fingerprint density at radius 3 is 2.04 bits per heavy atom. The Bertz CT molecular complexity index is 715. The van der Waals surface area contributed by atoms with E-state index in [4.69, 9.17) is 0 Å². The highest BCUT2D eigenvalue weighted by Crippen LogP contribution is 2.16. The Kier molecular flexibility index (Phi) is 6.80. The minimum atomic E-state index is -3.40. The van der Waals surface area contributed by atoms with Crippen molar-refractivity contribution < 1.29 is 8.42 Å². The van der Waals surface area contributed by atoms with Crippen LogP contribution >= 0.6 is 12.4 Å². The normalized spacial score (nSPS) is 16.5. The lowest BCUT2D eigenvalue weighted by Crippen LogP contribution is -2.44. The standard InChI is InChI=1S/C18H22N2O2S.ClH/c21-23(22,18-9-5-2-6-10-18)19-17-11-13-20(14-12-17)15-16-7-3-1-4-8-16;/h1-10,17,19H,11-15H2;1H. The van der Waals surface area contributed by atoms with E-state index in [2.05, 4.69) is 33.9 Å². The molecule has 0 saturated carbocycles. The molecule has 0 aliphatic carbocycles. The number of rotatable bonds is 5. The van der Waals surface area contributed by atoms with Gasteiger partial charge in [0.2, 0.25) is 10.0 Å². The third kappa shape index (κ3) is 5.05. The van der Waals surface area contributed by atoms with Gasteiger partial charge >= 0.3 is 0 Å². The molecule has 24 heavy (non-hydrogen) atoms. The number of nitrogens with one attached hydrogen (secondary N) is 1. The lowest BCUT2D eigenvalue weighted by atomic mass is 10.1. The van der Waals surface area contributed by atoms with Crippen LogP contribution in [0.5, 0.6) is 0 Å². The minimum absolute atomic E-state index is 0. The van der Waals surface area contributed by atoms with E-state index < -0.39 is 10.0 Å². The topological polar surface area (TPSA) is 49.4 Å². The molecule has 130 valence electrons. The maximum absolute atomic E-state index is 12.3. The summed E-state index contributed by atoms with van der Waals surface area (Å²) in [4.78, 5) is 2.72. The van der Waals surface area contributed by atoms with E-state index in [-0.39, 0.29) is 18.4 Å². The summed E-state index contributed by atoms with van der Waals surface area (Å²) in [6.07, 6.45) is 1.69. The van der Waals surface area contributed by atoms with Gasteiger partial charge in [-0.15, -0.1) is 12.4 Å². The van der Waals surface area contributed by atoms with E-state index >= 15 is 0 Å². The van der Waals surface area contributed by atoms with E-state index in [9.17, 15) is 8.42 Å². The van der Waals surface area contributed by atoms with Crippen molar-refractivity contribution >= 4 is 22.4 Å². The number of sulfonamides is 1. The maximum Gasteiger partial charge on any atom is 0.240 e. The highest BCUT2D eigenvalue weighted by atomic mass is 35.5. The molecule has 0 radical (unpaired) electrons. The van der Waals surface area contributed by atoms with Crippen LogP contribution < -0.4 is 4.72 Å². The Morgan fingerprint density at radius 2 is 1.46 bits per heavy atom. The van der Waals surface area contributed by atoms with Gasteiger partial charge in [-0.3, -0.25) is 4.90 Å². The molecule has 0 spiro atoms. The lowest BCUT2D eigenvalue weighted by Gasteiger charge is -2.32. The van der Waals surface area contributed by atoms with Gasteiger partial charge in [-0.05, 0) is 30.5 Å². The van der Waals surface area contributed by atoms with Crippen LogP contribution in [-0.2, 0) is 16.6 Å². The molecule has 0 bridgehead atoms. The van der Waals surface area contributed by atoms with Gasteiger partial charge in [0.05, 0.1) is 4.90 Å². The van der Waals surface area contributed by atoms with Crippen LogP contribution in [0, 0.1) is 0 Å². The van der Waals surface area contributed by atoms with Crippen molar-refractivity contribution in [3.63, 3.8) is 0 Å². The molecule has 1 heterocycles. The van der Waals surface area contributed by atoms with E-state index in [1.807, 2.05) is 12.1 Å². The second kappa shape index (κ2) is 8.62. The summed E-state index contributed by atoms with van der Waals surface area (Å²) in [5, 5.41) is 0. The number of hydrogen-bond donors (Lipinski definition) is 1. The molecule has 4 nitrogen and oxygen atoms in total. The highest BCUT2D eigenvalue weighted by Gasteiger charge is 2.24. The van der Waals surface area contributed by atoms with Crippen LogP contribution in [-0.4, -0.2) is 32.4 Å². The first kappa shape index (κ1) is 18.9. The number of piperidine rings is 1. The quantitative estimate of drug-likeness (QED) is 0.884. The van der Waals surface area contributed by atoms with Crippen molar-refractivity contribution in [2.45, 2.75) is 30.3 Å². The van der Waals surface area contributed by atoms with E-state index in [1.165, 1.54) is 5.56 Å². The molecule has 1 aliphatic heterocycles. The summed E-state index contributed by atoms with van der Waals surface area (Å²) in [7, 11) is -3.40. The average molecular weight is 367 g/mol. The molecule has 2 aromatic carbocycles. The molecule has 1 aliphatic rings. The van der Waals surface area contributed by atoms with Gasteiger partial charge in [-0.1, -0.05) is 48.5 Å². The van der Waals surface area contributed by atoms with Crippen molar-refractivity contribution in [2.24, 2.45) is 0 Å². The van der Waals surface area contributed by atoms with Gasteiger partial charge in [-0.25, -0.2) is 13.1 Å². The van der Waals surface area contributed by atoms with E-state index in [1.54, 1.807) is 24.3 Å². The van der Waals surface area contributed by atoms with Crippen molar-refractivity contribution in [2.75, 3.05) is 13.1 Å². The highest BCUT2D eigenvalue weighted by molar-refractivity contribution is 7.89. The van der Waals surface area contributed by atoms with Gasteiger partial charge in [0.1, 0.15) is 0 Å². The molecule has 6 heteroatoms. The minimum Gasteiger partial charge on any atom is -0.299 e. The van der Waals surface area contributed by atoms with Crippen molar-refractivity contribution in [1.82, 2.24) is 9.62 Å². The zero-order chi connectivity index (χ0) is 16.1. The van der Waals surface area contributed by atoms with Crippen LogP contribution in [0.3, 0.4) is 0 Å². The fourth-order valence-corrected chi connectivity index (χ4v) is 4.26. The number of hydrogen-bond acceptors (Lipinski definition) is 3. The third-order valence-corrected chi connectivity index (χ3v) is 5.75. The summed E-state index contributed by atoms with van der Waals surface area (Å²) < 4.78 is 27.5. The SMILES string of the molecule is Cl.O=S(=O)(NC1CCN(Cc2ccccc2)CC1)c1ccccc1. The van der Waals surface area contributed by atoms with Crippen molar-refractivity contribution in [3.8, 4) is 0 Å². The van der Waals surface area contributed by atoms with Gasteiger partial charge in [0.15, 0.2) is 0 Å². The van der Waals surface area contributed by atoms with Crippen LogP contribution in [0.15, 0.2) is 65.6 Å². The summed E-state index contributed by atoms with van der Waals surface area (Å²) >= 11 is 0. The Hall–Kier alpha value is -1.40. The monoisotopic (exact) mass is 366 g/mol. The van der Waals surface area contributed by atoms with Crippen molar-refractivity contribution in [1.29, 1.82) is 0 Å². The van der Waals surface area contributed by atoms with Gasteiger partial charge < -0.3 is 0 Å². The third-order valence-electron chi connectivity index (χ3n) is 4.21. The zero-order valence-electron chi connectivity index (χ0n) is 13.5. The summed E-state index contributed by atoms with van der Waals surface area (Å²) in [5.41, 5.74) is 1.30. The molecule has 0 unspecified atom stereocenters. The summed E-state index contributed by atoms with van der Waals surface area (Å²) in [6, 6.07) is 19.0. The maximum atomic E-state index is 12.3. The predicted octanol–water partition coefficient (Wildman–Crippen LogP) is 3.05. The molecule has 0 aromatic heterocycles. The zero-order valence-corrected chi connectivity index (χ0v) is 15.1. The van der Waals surface area contributed by atoms with Gasteiger partial charge in [-0.2, -0.15) is 0 Å². The first-order valence-corrected chi connectivity index (χ1v) is 9.45. The Labute approximate surface area is 150 Å². The summed E-state index contributed by atoms with van der Waals surface area (Å²) in [6.45, 7) is 2.76. The Balaban J connectivity index is 0.00000208. The number of nitrogens with zero attached hydrogens (tertiary/aromatic N) is 1. The number of halogens is 1. The first-order valence-electron chi connectivity index (χ1n) is 7.97. The fourth-order valence-electron chi connectivity index (χ4n) is 2.94. The molecule has 1 N–H and O–H groups in total. The first-order chi connectivity index (χ1) is 11.1. The molecule has 2 aromatic rings. The Morgan fingerprint density at radius 1 is 0.917 bits per heavy atom. The second-order valence-corrected chi connectivity index (χ2v) is 7.68. The summed E-state index contributed by atoms with van der Waals surface area (Å²) in [5.74, 6) is 0. The van der Waals surface area contributed by atoms with Crippen LogP contribution in [0.2, 0.25) is 0 Å². The lowest BCUT2D eigenvalue weighted by molar-refractivity contribution is 0.200. The molecule has 0 atom stereocenters. The molecule has 0 amide bonds. The molecule has 1 saturated heterocycles. The second-order valence-electron chi connectivity index (χ2n) is 5.97. The van der Waals surface area contributed by atoms with E-state index in [0.29, 0.717) is 4.90 Å². The molecule has 3 rings (SSSR count). The smallest absolute Gasteiger partial charge is 0.240 e. The van der Waals surface area contributed by atoms with Gasteiger partial charge in [0, 0.05) is 25.7 Å². The predicted molar refractivity (Wildman–Crippen MR) is 98.8 cm³/mol. The number of likely N-dealkylation sites (tertiary alicyclic amines) is 1. The average Bonchev–Trinajstić information content (AvgIpc) is 2.58. The molecule has 1 fully saturated rings. The molecular weight excluding hydrogens is 344 g/mol. The van der Waals surface area contributed by atoms with Crippen LogP contribution in [0.1, 0.15) is 18.4 Å². The van der Waals surface area contributed by atoms with Gasteiger partial charge in [0.25, 0.3) is 0 Å². The van der Waals surface area contributed by atoms with E-state index in [0.717, 1.165) is 32.5 Å². The number of benzene rings is 2. The fraction of sp³-hybridized carbons (Fsp3) is 0.333. The van der Waals surface area contributed by atoms with Crippen LogP contribution in [0.25, 0.3) is 0 Å². The molecular formula is C18H23ClN2O2S.